The molecule has 2 N–H and O–H groups in total. The third-order valence-electron chi connectivity index (χ3n) is 1.87. The zero-order valence-electron chi connectivity index (χ0n) is 7.97. The minimum absolute atomic E-state index is 0.227. The Morgan fingerprint density at radius 3 is 2.64 bits per heavy atom. The van der Waals surface area contributed by atoms with Gasteiger partial charge >= 0.3 is 0 Å². The molecule has 0 amide bonds. The van der Waals surface area contributed by atoms with E-state index in [2.05, 4.69) is 0 Å². The molecule has 4 heteroatoms. The van der Waals surface area contributed by atoms with E-state index < -0.39 is 11.6 Å². The summed E-state index contributed by atoms with van der Waals surface area (Å²) in [4.78, 5) is 0. The lowest BCUT2D eigenvalue weighted by Crippen LogP contribution is -2.13. The van der Waals surface area contributed by atoms with Gasteiger partial charge in [0.05, 0.1) is 0 Å². The first-order chi connectivity index (χ1) is 6.65. The van der Waals surface area contributed by atoms with Gasteiger partial charge in [-0.3, -0.25) is 0 Å². The van der Waals surface area contributed by atoms with Crippen LogP contribution in [0, 0.1) is 11.6 Å². The smallest absolute Gasteiger partial charge is 0.159 e. The number of thioether (sulfide) groups is 1. The van der Waals surface area contributed by atoms with E-state index in [9.17, 15) is 8.78 Å². The third kappa shape index (κ3) is 2.96. The van der Waals surface area contributed by atoms with Crippen molar-refractivity contribution in [2.24, 2.45) is 5.73 Å². The third-order valence-corrected chi connectivity index (χ3v) is 2.88. The predicted molar refractivity (Wildman–Crippen MR) is 56.3 cm³/mol. The van der Waals surface area contributed by atoms with Crippen LogP contribution in [0.5, 0.6) is 0 Å². The summed E-state index contributed by atoms with van der Waals surface area (Å²) in [7, 11) is 0. The van der Waals surface area contributed by atoms with Crippen molar-refractivity contribution in [1.82, 2.24) is 0 Å². The van der Waals surface area contributed by atoms with Gasteiger partial charge < -0.3 is 5.73 Å². The fourth-order valence-electron chi connectivity index (χ4n) is 1.08. The Labute approximate surface area is 86.7 Å². The average Bonchev–Trinajstić information content (AvgIpc) is 2.18. The second kappa shape index (κ2) is 5.32. The van der Waals surface area contributed by atoms with Crippen molar-refractivity contribution in [3.05, 3.63) is 35.4 Å². The van der Waals surface area contributed by atoms with Crippen molar-refractivity contribution in [2.45, 2.75) is 13.0 Å². The zero-order valence-corrected chi connectivity index (χ0v) is 8.78. The number of nitrogens with two attached hydrogens (primary N) is 1. The Kier molecular flexibility index (Phi) is 4.35. The van der Waals surface area contributed by atoms with Crippen LogP contribution in [0.4, 0.5) is 8.78 Å². The fourth-order valence-corrected chi connectivity index (χ4v) is 1.77. The molecule has 0 aliphatic heterocycles. The number of hydrogen-bond acceptors (Lipinski definition) is 2. The van der Waals surface area contributed by atoms with E-state index >= 15 is 0 Å². The standard InChI is InChI=1S/C10H13F2NS/c1-2-14-6-10(13)7-3-4-8(11)9(12)5-7/h3-5,10H,2,6,13H2,1H3. The second-order valence-corrected chi connectivity index (χ2v) is 4.26. The maximum absolute atomic E-state index is 12.8. The summed E-state index contributed by atoms with van der Waals surface area (Å²) in [5.41, 5.74) is 6.43. The minimum Gasteiger partial charge on any atom is -0.323 e. The molecule has 0 saturated heterocycles. The Hall–Kier alpha value is -0.610. The maximum atomic E-state index is 12.8. The van der Waals surface area contributed by atoms with Crippen LogP contribution in [-0.4, -0.2) is 11.5 Å². The average molecular weight is 217 g/mol. The van der Waals surface area contributed by atoms with Crippen molar-refractivity contribution in [3.8, 4) is 0 Å². The first kappa shape index (κ1) is 11.5. The van der Waals surface area contributed by atoms with Gasteiger partial charge in [-0.05, 0) is 23.4 Å². The summed E-state index contributed by atoms with van der Waals surface area (Å²) in [6.45, 7) is 2.03. The van der Waals surface area contributed by atoms with Crippen LogP contribution in [0.3, 0.4) is 0 Å². The van der Waals surface area contributed by atoms with E-state index in [1.165, 1.54) is 6.07 Å². The summed E-state index contributed by atoms with van der Waals surface area (Å²) in [6, 6.07) is 3.58. The van der Waals surface area contributed by atoms with Crippen LogP contribution in [-0.2, 0) is 0 Å². The summed E-state index contributed by atoms with van der Waals surface area (Å²) in [6.07, 6.45) is 0. The lowest BCUT2D eigenvalue weighted by atomic mass is 10.1. The molecule has 14 heavy (non-hydrogen) atoms. The Bertz CT molecular complexity index is 304. The summed E-state index contributed by atoms with van der Waals surface area (Å²) in [5.74, 6) is 0.0300. The first-order valence-electron chi connectivity index (χ1n) is 4.43. The molecule has 0 aromatic heterocycles. The molecule has 0 aliphatic carbocycles. The molecule has 0 heterocycles. The number of rotatable bonds is 4. The van der Waals surface area contributed by atoms with Crippen LogP contribution in [0.15, 0.2) is 18.2 Å². The number of hydrogen-bond donors (Lipinski definition) is 1. The normalized spacial score (nSPS) is 12.9. The molecule has 0 radical (unpaired) electrons. The highest BCUT2D eigenvalue weighted by Gasteiger charge is 2.08. The highest BCUT2D eigenvalue weighted by atomic mass is 32.2. The lowest BCUT2D eigenvalue weighted by Gasteiger charge is -2.10. The van der Waals surface area contributed by atoms with Gasteiger partial charge in [-0.25, -0.2) is 8.78 Å². The SMILES string of the molecule is CCSCC(N)c1ccc(F)c(F)c1. The summed E-state index contributed by atoms with van der Waals surface area (Å²) in [5, 5.41) is 0. The van der Waals surface area contributed by atoms with Crippen molar-refractivity contribution in [1.29, 1.82) is 0 Å². The van der Waals surface area contributed by atoms with Crippen molar-refractivity contribution < 1.29 is 8.78 Å². The second-order valence-electron chi connectivity index (χ2n) is 2.94. The van der Waals surface area contributed by atoms with Gasteiger partial charge in [0.1, 0.15) is 0 Å². The molecule has 1 rings (SSSR count). The van der Waals surface area contributed by atoms with Crippen molar-refractivity contribution in [3.63, 3.8) is 0 Å². The molecule has 1 unspecified atom stereocenters. The van der Waals surface area contributed by atoms with E-state index in [0.29, 0.717) is 5.56 Å². The molecule has 0 fully saturated rings. The molecule has 1 nitrogen and oxygen atoms in total. The maximum Gasteiger partial charge on any atom is 0.159 e. The van der Waals surface area contributed by atoms with Gasteiger partial charge in [0.15, 0.2) is 11.6 Å². The minimum atomic E-state index is -0.834. The van der Waals surface area contributed by atoms with E-state index in [0.717, 1.165) is 23.6 Å². The highest BCUT2D eigenvalue weighted by molar-refractivity contribution is 7.99. The van der Waals surface area contributed by atoms with E-state index in [1.54, 1.807) is 11.8 Å². The monoisotopic (exact) mass is 217 g/mol. The molecule has 78 valence electrons. The number of benzene rings is 1. The fraction of sp³-hybridized carbons (Fsp3) is 0.400. The Balaban J connectivity index is 2.70. The Morgan fingerprint density at radius 1 is 1.36 bits per heavy atom. The molecule has 1 aromatic carbocycles. The molecule has 1 aromatic rings. The molecule has 0 aliphatic rings. The van der Waals surface area contributed by atoms with Gasteiger partial charge in [0.2, 0.25) is 0 Å². The first-order valence-corrected chi connectivity index (χ1v) is 5.59. The Morgan fingerprint density at radius 2 is 2.07 bits per heavy atom. The van der Waals surface area contributed by atoms with Crippen LogP contribution < -0.4 is 5.73 Å². The molecule has 0 spiro atoms. The van der Waals surface area contributed by atoms with E-state index in [-0.39, 0.29) is 6.04 Å². The largest absolute Gasteiger partial charge is 0.323 e. The summed E-state index contributed by atoms with van der Waals surface area (Å²) >= 11 is 1.68. The molecule has 1 atom stereocenters. The molecular weight excluding hydrogens is 204 g/mol. The quantitative estimate of drug-likeness (QED) is 0.839. The zero-order chi connectivity index (χ0) is 10.6. The van der Waals surface area contributed by atoms with Gasteiger partial charge in [-0.2, -0.15) is 11.8 Å². The van der Waals surface area contributed by atoms with Crippen molar-refractivity contribution >= 4 is 11.8 Å². The van der Waals surface area contributed by atoms with E-state index in [1.807, 2.05) is 6.92 Å². The van der Waals surface area contributed by atoms with Crippen LogP contribution in [0.2, 0.25) is 0 Å². The predicted octanol–water partition coefficient (Wildman–Crippen LogP) is 2.72. The van der Waals surface area contributed by atoms with Crippen LogP contribution in [0.1, 0.15) is 18.5 Å². The lowest BCUT2D eigenvalue weighted by molar-refractivity contribution is 0.506. The molecule has 0 saturated carbocycles. The number of halogens is 2. The van der Waals surface area contributed by atoms with Crippen molar-refractivity contribution in [2.75, 3.05) is 11.5 Å². The van der Waals surface area contributed by atoms with Gasteiger partial charge in [-0.1, -0.05) is 13.0 Å². The summed E-state index contributed by atoms with van der Waals surface area (Å²) < 4.78 is 25.4. The van der Waals surface area contributed by atoms with E-state index in [4.69, 9.17) is 5.73 Å². The van der Waals surface area contributed by atoms with Gasteiger partial charge in [-0.15, -0.1) is 0 Å². The molecule has 0 bridgehead atoms. The highest BCUT2D eigenvalue weighted by Crippen LogP contribution is 2.18. The van der Waals surface area contributed by atoms with Gasteiger partial charge in [0, 0.05) is 11.8 Å². The van der Waals surface area contributed by atoms with Crippen LogP contribution in [0.25, 0.3) is 0 Å². The topological polar surface area (TPSA) is 26.0 Å². The molecular formula is C10H13F2NS. The van der Waals surface area contributed by atoms with Gasteiger partial charge in [0.25, 0.3) is 0 Å². The van der Waals surface area contributed by atoms with Crippen LogP contribution >= 0.6 is 11.8 Å².